The number of rotatable bonds is 7. The number of aromatic amines is 1. The molecule has 30 heavy (non-hydrogen) atoms. The number of nitrogens with zero attached hydrogens (tertiary/aromatic N) is 3. The van der Waals surface area contributed by atoms with Crippen LogP contribution in [0.25, 0.3) is 11.6 Å². The van der Waals surface area contributed by atoms with Crippen LogP contribution < -0.4 is 10.6 Å². The summed E-state index contributed by atoms with van der Waals surface area (Å²) in [5.74, 6) is 2.25. The SMILES string of the molecule is CCNC(=NCc1cccc(C(F)(F)F)c1)NCCc1nc(-c2ccco2)n[nH]1.I. The summed E-state index contributed by atoms with van der Waals surface area (Å²) in [5.41, 5.74) is -0.198. The molecule has 0 spiro atoms. The standard InChI is InChI=1S/C19H21F3N6O.HI/c1-2-23-18(25-12-13-5-3-6-14(11-13)19(20,21)22)24-9-8-16-26-17(28-27-16)15-7-4-10-29-15;/h3-7,10-11H,2,8-9,12H2,1H3,(H2,23,24,25)(H,26,27,28);1H. The van der Waals surface area contributed by atoms with E-state index in [1.807, 2.05) is 6.92 Å². The Kier molecular flexibility index (Phi) is 8.69. The summed E-state index contributed by atoms with van der Waals surface area (Å²) in [6.07, 6.45) is -2.26. The predicted octanol–water partition coefficient (Wildman–Crippen LogP) is 4.00. The molecule has 1 aromatic carbocycles. The molecule has 2 aromatic heterocycles. The highest BCUT2D eigenvalue weighted by Crippen LogP contribution is 2.29. The molecule has 3 aromatic rings. The highest BCUT2D eigenvalue weighted by molar-refractivity contribution is 14.0. The summed E-state index contributed by atoms with van der Waals surface area (Å²) in [5, 5.41) is 13.2. The maximum Gasteiger partial charge on any atom is 0.416 e. The molecule has 0 saturated carbocycles. The van der Waals surface area contributed by atoms with Crippen molar-refractivity contribution in [1.82, 2.24) is 25.8 Å². The zero-order valence-corrected chi connectivity index (χ0v) is 18.5. The summed E-state index contributed by atoms with van der Waals surface area (Å²) in [6.45, 7) is 3.18. The lowest BCUT2D eigenvalue weighted by Gasteiger charge is -2.11. The van der Waals surface area contributed by atoms with Gasteiger partial charge in [-0.05, 0) is 36.8 Å². The first kappa shape index (κ1) is 23.7. The highest BCUT2D eigenvalue weighted by atomic mass is 127. The molecule has 11 heteroatoms. The van der Waals surface area contributed by atoms with E-state index in [2.05, 4.69) is 30.8 Å². The molecular weight excluding hydrogens is 512 g/mol. The minimum absolute atomic E-state index is 0. The average molecular weight is 534 g/mol. The number of guanidine groups is 1. The van der Waals surface area contributed by atoms with Gasteiger partial charge < -0.3 is 15.1 Å². The molecule has 0 bridgehead atoms. The third-order valence-corrected chi connectivity index (χ3v) is 3.95. The first-order valence-corrected chi connectivity index (χ1v) is 9.09. The largest absolute Gasteiger partial charge is 0.461 e. The van der Waals surface area contributed by atoms with Crippen molar-refractivity contribution < 1.29 is 17.6 Å². The van der Waals surface area contributed by atoms with Gasteiger partial charge in [0.25, 0.3) is 0 Å². The Labute approximate surface area is 188 Å². The van der Waals surface area contributed by atoms with Gasteiger partial charge in [0.05, 0.1) is 18.4 Å². The maximum absolute atomic E-state index is 12.8. The van der Waals surface area contributed by atoms with Gasteiger partial charge in [-0.1, -0.05) is 12.1 Å². The third-order valence-electron chi connectivity index (χ3n) is 3.95. The van der Waals surface area contributed by atoms with Gasteiger partial charge in [-0.25, -0.2) is 9.98 Å². The molecule has 0 fully saturated rings. The molecule has 0 amide bonds. The first-order chi connectivity index (χ1) is 14.0. The number of furan rings is 1. The van der Waals surface area contributed by atoms with Crippen LogP contribution in [0.4, 0.5) is 13.2 Å². The van der Waals surface area contributed by atoms with Crippen molar-refractivity contribution >= 4 is 29.9 Å². The Morgan fingerprint density at radius 1 is 1.20 bits per heavy atom. The average Bonchev–Trinajstić information content (AvgIpc) is 3.37. The summed E-state index contributed by atoms with van der Waals surface area (Å²) < 4.78 is 43.7. The van der Waals surface area contributed by atoms with E-state index in [-0.39, 0.29) is 30.5 Å². The lowest BCUT2D eigenvalue weighted by molar-refractivity contribution is -0.137. The summed E-state index contributed by atoms with van der Waals surface area (Å²) in [7, 11) is 0. The van der Waals surface area contributed by atoms with Gasteiger partial charge in [-0.15, -0.1) is 24.0 Å². The smallest absolute Gasteiger partial charge is 0.416 e. The lowest BCUT2D eigenvalue weighted by Crippen LogP contribution is -2.38. The van der Waals surface area contributed by atoms with Crippen LogP contribution in [-0.4, -0.2) is 34.2 Å². The number of halogens is 4. The Balaban J connectivity index is 0.00000320. The minimum atomic E-state index is -4.37. The monoisotopic (exact) mass is 534 g/mol. The van der Waals surface area contributed by atoms with Crippen LogP contribution in [0.2, 0.25) is 0 Å². The number of hydrogen-bond donors (Lipinski definition) is 3. The van der Waals surface area contributed by atoms with E-state index in [0.717, 1.165) is 12.1 Å². The Bertz CT molecular complexity index is 940. The van der Waals surface area contributed by atoms with E-state index < -0.39 is 11.7 Å². The van der Waals surface area contributed by atoms with E-state index in [0.29, 0.717) is 48.4 Å². The van der Waals surface area contributed by atoms with Gasteiger partial charge >= 0.3 is 6.18 Å². The van der Waals surface area contributed by atoms with Crippen molar-refractivity contribution in [3.63, 3.8) is 0 Å². The number of H-pyrrole nitrogens is 1. The number of nitrogens with one attached hydrogen (secondary N) is 3. The first-order valence-electron chi connectivity index (χ1n) is 9.09. The van der Waals surface area contributed by atoms with Gasteiger partial charge in [0.1, 0.15) is 5.82 Å². The van der Waals surface area contributed by atoms with Gasteiger partial charge in [0, 0.05) is 19.5 Å². The van der Waals surface area contributed by atoms with Crippen LogP contribution >= 0.6 is 24.0 Å². The number of aliphatic imine (C=N–C) groups is 1. The van der Waals surface area contributed by atoms with Crippen LogP contribution in [0.5, 0.6) is 0 Å². The summed E-state index contributed by atoms with van der Waals surface area (Å²) in [4.78, 5) is 8.70. The van der Waals surface area contributed by atoms with Crippen molar-refractivity contribution in [3.8, 4) is 11.6 Å². The molecule has 0 saturated heterocycles. The van der Waals surface area contributed by atoms with Crippen molar-refractivity contribution in [2.45, 2.75) is 26.1 Å². The maximum atomic E-state index is 12.8. The number of aromatic nitrogens is 3. The Hall–Kier alpha value is -2.57. The summed E-state index contributed by atoms with van der Waals surface area (Å²) in [6, 6.07) is 8.69. The Morgan fingerprint density at radius 2 is 2.03 bits per heavy atom. The molecule has 2 heterocycles. The second-order valence-corrected chi connectivity index (χ2v) is 6.15. The van der Waals surface area contributed by atoms with Crippen LogP contribution in [0.3, 0.4) is 0 Å². The molecule has 0 aliphatic carbocycles. The molecule has 0 aliphatic heterocycles. The van der Waals surface area contributed by atoms with Gasteiger partial charge in [0.15, 0.2) is 11.7 Å². The van der Waals surface area contributed by atoms with Crippen LogP contribution in [0, 0.1) is 0 Å². The second kappa shape index (κ2) is 11.0. The zero-order valence-electron chi connectivity index (χ0n) is 16.2. The van der Waals surface area contributed by atoms with Crippen LogP contribution in [-0.2, 0) is 19.1 Å². The minimum Gasteiger partial charge on any atom is -0.461 e. The lowest BCUT2D eigenvalue weighted by atomic mass is 10.1. The van der Waals surface area contributed by atoms with Crippen LogP contribution in [0.1, 0.15) is 23.9 Å². The topological polar surface area (TPSA) is 91.1 Å². The molecule has 3 N–H and O–H groups in total. The molecule has 0 radical (unpaired) electrons. The van der Waals surface area contributed by atoms with Gasteiger partial charge in [-0.2, -0.15) is 18.3 Å². The number of hydrogen-bond acceptors (Lipinski definition) is 4. The number of benzene rings is 1. The van der Waals surface area contributed by atoms with E-state index in [1.54, 1.807) is 24.5 Å². The van der Waals surface area contributed by atoms with Gasteiger partial charge in [0.2, 0.25) is 5.82 Å². The Morgan fingerprint density at radius 3 is 2.73 bits per heavy atom. The van der Waals surface area contributed by atoms with Crippen LogP contribution in [0.15, 0.2) is 52.1 Å². The fourth-order valence-electron chi connectivity index (χ4n) is 2.58. The highest BCUT2D eigenvalue weighted by Gasteiger charge is 2.30. The third kappa shape index (κ3) is 6.75. The normalized spacial score (nSPS) is 11.8. The van der Waals surface area contributed by atoms with Crippen molar-refractivity contribution in [1.29, 1.82) is 0 Å². The number of alkyl halides is 3. The second-order valence-electron chi connectivity index (χ2n) is 6.15. The van der Waals surface area contributed by atoms with E-state index >= 15 is 0 Å². The predicted molar refractivity (Wildman–Crippen MR) is 117 cm³/mol. The molecular formula is C19H22F3IN6O. The molecule has 0 atom stereocenters. The van der Waals surface area contributed by atoms with Crippen molar-refractivity contribution in [3.05, 3.63) is 59.6 Å². The molecule has 0 aliphatic rings. The van der Waals surface area contributed by atoms with E-state index in [9.17, 15) is 13.2 Å². The molecule has 162 valence electrons. The fourth-order valence-corrected chi connectivity index (χ4v) is 2.58. The zero-order chi connectivity index (χ0) is 20.7. The quantitative estimate of drug-likeness (QED) is 0.242. The van der Waals surface area contributed by atoms with Crippen molar-refractivity contribution in [2.24, 2.45) is 4.99 Å². The fraction of sp³-hybridized carbons (Fsp3) is 0.316. The summed E-state index contributed by atoms with van der Waals surface area (Å²) >= 11 is 0. The molecule has 3 rings (SSSR count). The molecule has 0 unspecified atom stereocenters. The van der Waals surface area contributed by atoms with Gasteiger partial charge in [-0.3, -0.25) is 5.10 Å². The van der Waals surface area contributed by atoms with E-state index in [1.165, 1.54) is 6.07 Å². The molecule has 7 nitrogen and oxygen atoms in total. The van der Waals surface area contributed by atoms with E-state index in [4.69, 9.17) is 4.42 Å². The van der Waals surface area contributed by atoms with Crippen molar-refractivity contribution in [2.75, 3.05) is 13.1 Å².